The van der Waals surface area contributed by atoms with Crippen molar-refractivity contribution in [1.29, 1.82) is 0 Å². The van der Waals surface area contributed by atoms with Crippen LogP contribution in [0, 0.1) is 0 Å². The van der Waals surface area contributed by atoms with Gasteiger partial charge < -0.3 is 15.7 Å². The maximum Gasteiger partial charge on any atom is 0.309 e. The molecule has 0 aliphatic carbocycles. The first-order valence-corrected chi connectivity index (χ1v) is 6.20. The molecule has 0 fully saturated rings. The fraction of sp³-hybridized carbons (Fsp3) is 0.600. The minimum atomic E-state index is -1.01. The Morgan fingerprint density at radius 3 is 2.50 bits per heavy atom. The van der Waals surface area contributed by atoms with Crippen molar-refractivity contribution in [2.45, 2.75) is 12.5 Å². The van der Waals surface area contributed by atoms with E-state index in [0.29, 0.717) is 5.75 Å². The second-order valence-electron chi connectivity index (χ2n) is 3.61. The standard InChI is InChI=1S/C10H18N2O3S/c1-4-5-11-8(13)9(14)12-6-10(2,15)7-16-3/h4,15H,1,5-7H2,2-3H3,(H,11,13)(H,12,14). The van der Waals surface area contributed by atoms with Crippen LogP contribution in [0.3, 0.4) is 0 Å². The molecule has 0 bridgehead atoms. The molecule has 0 radical (unpaired) electrons. The minimum Gasteiger partial charge on any atom is -0.387 e. The van der Waals surface area contributed by atoms with Crippen molar-refractivity contribution in [1.82, 2.24) is 10.6 Å². The van der Waals surface area contributed by atoms with Gasteiger partial charge in [0.2, 0.25) is 0 Å². The third kappa shape index (κ3) is 6.47. The van der Waals surface area contributed by atoms with Crippen molar-refractivity contribution >= 4 is 23.6 Å². The molecule has 0 heterocycles. The largest absolute Gasteiger partial charge is 0.387 e. The Kier molecular flexibility index (Phi) is 6.83. The number of amides is 2. The topological polar surface area (TPSA) is 78.4 Å². The molecule has 3 N–H and O–H groups in total. The Balaban J connectivity index is 3.96. The highest BCUT2D eigenvalue weighted by atomic mass is 32.2. The van der Waals surface area contributed by atoms with Crippen LogP contribution < -0.4 is 10.6 Å². The van der Waals surface area contributed by atoms with E-state index in [1.807, 2.05) is 6.26 Å². The lowest BCUT2D eigenvalue weighted by molar-refractivity contribution is -0.139. The summed E-state index contributed by atoms with van der Waals surface area (Å²) >= 11 is 1.47. The predicted octanol–water partition coefficient (Wildman–Crippen LogP) is -0.481. The van der Waals surface area contributed by atoms with E-state index in [4.69, 9.17) is 0 Å². The second-order valence-corrected chi connectivity index (χ2v) is 4.48. The van der Waals surface area contributed by atoms with E-state index in [2.05, 4.69) is 17.2 Å². The monoisotopic (exact) mass is 246 g/mol. The van der Waals surface area contributed by atoms with Gasteiger partial charge in [0.25, 0.3) is 0 Å². The molecule has 92 valence electrons. The van der Waals surface area contributed by atoms with E-state index in [1.54, 1.807) is 6.92 Å². The molecular weight excluding hydrogens is 228 g/mol. The molecule has 0 rings (SSSR count). The maximum atomic E-state index is 11.2. The molecule has 0 aliphatic rings. The quantitative estimate of drug-likeness (QED) is 0.437. The summed E-state index contributed by atoms with van der Waals surface area (Å²) in [6.45, 7) is 5.31. The summed E-state index contributed by atoms with van der Waals surface area (Å²) in [5.41, 5.74) is -1.01. The van der Waals surface area contributed by atoms with Crippen molar-refractivity contribution in [3.63, 3.8) is 0 Å². The van der Waals surface area contributed by atoms with Gasteiger partial charge >= 0.3 is 11.8 Å². The summed E-state index contributed by atoms with van der Waals surface area (Å²) in [4.78, 5) is 22.3. The van der Waals surface area contributed by atoms with Crippen LogP contribution in [-0.4, -0.2) is 47.6 Å². The third-order valence-electron chi connectivity index (χ3n) is 1.70. The number of hydrogen-bond donors (Lipinski definition) is 3. The number of aliphatic hydroxyl groups is 1. The fourth-order valence-corrected chi connectivity index (χ4v) is 1.68. The maximum absolute atomic E-state index is 11.2. The van der Waals surface area contributed by atoms with Crippen molar-refractivity contribution < 1.29 is 14.7 Å². The Labute approximate surface area is 99.7 Å². The summed E-state index contributed by atoms with van der Waals surface area (Å²) < 4.78 is 0. The average molecular weight is 246 g/mol. The van der Waals surface area contributed by atoms with Gasteiger partial charge in [-0.2, -0.15) is 11.8 Å². The highest BCUT2D eigenvalue weighted by Gasteiger charge is 2.22. The van der Waals surface area contributed by atoms with Crippen molar-refractivity contribution in [3.8, 4) is 0 Å². The van der Waals surface area contributed by atoms with Crippen LogP contribution >= 0.6 is 11.8 Å². The third-order valence-corrected chi connectivity index (χ3v) is 2.61. The number of hydrogen-bond acceptors (Lipinski definition) is 4. The predicted molar refractivity (Wildman–Crippen MR) is 65.2 cm³/mol. The van der Waals surface area contributed by atoms with Crippen LogP contribution in [0.25, 0.3) is 0 Å². The fourth-order valence-electron chi connectivity index (χ4n) is 0.958. The summed E-state index contributed by atoms with van der Waals surface area (Å²) in [6, 6.07) is 0. The molecule has 0 aromatic heterocycles. The van der Waals surface area contributed by atoms with Crippen molar-refractivity contribution in [2.24, 2.45) is 0 Å². The van der Waals surface area contributed by atoms with Gasteiger partial charge in [0, 0.05) is 18.8 Å². The highest BCUT2D eigenvalue weighted by molar-refractivity contribution is 7.98. The second kappa shape index (κ2) is 7.29. The average Bonchev–Trinajstić information content (AvgIpc) is 2.22. The zero-order valence-corrected chi connectivity index (χ0v) is 10.4. The van der Waals surface area contributed by atoms with Gasteiger partial charge in [0.05, 0.1) is 5.60 Å². The lowest BCUT2D eigenvalue weighted by Crippen LogP contribution is -2.47. The summed E-state index contributed by atoms with van der Waals surface area (Å²) in [6.07, 6.45) is 3.34. The number of thioether (sulfide) groups is 1. The van der Waals surface area contributed by atoms with Crippen molar-refractivity contribution in [2.75, 3.05) is 25.1 Å². The van der Waals surface area contributed by atoms with Gasteiger partial charge in [0.15, 0.2) is 0 Å². The first kappa shape index (κ1) is 15.0. The number of nitrogens with one attached hydrogen (secondary N) is 2. The zero-order chi connectivity index (χ0) is 12.6. The van der Waals surface area contributed by atoms with Crippen LogP contribution in [0.15, 0.2) is 12.7 Å². The van der Waals surface area contributed by atoms with Gasteiger partial charge in [-0.05, 0) is 13.2 Å². The molecule has 0 saturated carbocycles. The van der Waals surface area contributed by atoms with Crippen LogP contribution in [0.2, 0.25) is 0 Å². The van der Waals surface area contributed by atoms with E-state index in [1.165, 1.54) is 17.8 Å². The lowest BCUT2D eigenvalue weighted by Gasteiger charge is -2.22. The normalized spacial score (nSPS) is 13.7. The Bertz CT molecular complexity index is 267. The lowest BCUT2D eigenvalue weighted by atomic mass is 10.1. The number of carbonyl (C=O) groups is 2. The van der Waals surface area contributed by atoms with Crippen molar-refractivity contribution in [3.05, 3.63) is 12.7 Å². The Morgan fingerprint density at radius 2 is 2.00 bits per heavy atom. The molecule has 0 spiro atoms. The Hall–Kier alpha value is -1.01. The molecule has 0 aromatic carbocycles. The van der Waals surface area contributed by atoms with Gasteiger partial charge in [-0.3, -0.25) is 9.59 Å². The smallest absolute Gasteiger partial charge is 0.309 e. The van der Waals surface area contributed by atoms with E-state index in [-0.39, 0.29) is 13.1 Å². The van der Waals surface area contributed by atoms with Gasteiger partial charge in [-0.15, -0.1) is 6.58 Å². The van der Waals surface area contributed by atoms with E-state index >= 15 is 0 Å². The van der Waals surface area contributed by atoms with E-state index < -0.39 is 17.4 Å². The number of rotatable bonds is 6. The van der Waals surface area contributed by atoms with Crippen LogP contribution in [-0.2, 0) is 9.59 Å². The molecule has 16 heavy (non-hydrogen) atoms. The van der Waals surface area contributed by atoms with Gasteiger partial charge in [0.1, 0.15) is 0 Å². The molecule has 0 saturated heterocycles. The zero-order valence-electron chi connectivity index (χ0n) is 9.58. The molecule has 6 heteroatoms. The molecule has 1 unspecified atom stereocenters. The van der Waals surface area contributed by atoms with Gasteiger partial charge in [-0.1, -0.05) is 6.08 Å². The molecular formula is C10H18N2O3S. The SMILES string of the molecule is C=CCNC(=O)C(=O)NCC(C)(O)CSC. The summed E-state index contributed by atoms with van der Waals surface area (Å²) in [7, 11) is 0. The molecule has 5 nitrogen and oxygen atoms in total. The van der Waals surface area contributed by atoms with Crippen LogP contribution in [0.4, 0.5) is 0 Å². The molecule has 0 aromatic rings. The van der Waals surface area contributed by atoms with Crippen LogP contribution in [0.1, 0.15) is 6.92 Å². The first-order chi connectivity index (χ1) is 7.43. The first-order valence-electron chi connectivity index (χ1n) is 4.81. The molecule has 1 atom stereocenters. The summed E-state index contributed by atoms with van der Waals surface area (Å²) in [5, 5.41) is 14.5. The van der Waals surface area contributed by atoms with E-state index in [9.17, 15) is 14.7 Å². The Morgan fingerprint density at radius 1 is 1.44 bits per heavy atom. The number of carbonyl (C=O) groups excluding carboxylic acids is 2. The van der Waals surface area contributed by atoms with E-state index in [0.717, 1.165) is 0 Å². The minimum absolute atomic E-state index is 0.0498. The van der Waals surface area contributed by atoms with Crippen LogP contribution in [0.5, 0.6) is 0 Å². The summed E-state index contributed by atoms with van der Waals surface area (Å²) in [5.74, 6) is -0.982. The van der Waals surface area contributed by atoms with Gasteiger partial charge in [-0.25, -0.2) is 0 Å². The molecule has 2 amide bonds. The molecule has 0 aliphatic heterocycles. The highest BCUT2D eigenvalue weighted by Crippen LogP contribution is 2.08.